The Bertz CT molecular complexity index is 484. The fourth-order valence-corrected chi connectivity index (χ4v) is 2.74. The monoisotopic (exact) mass is 292 g/mol. The Morgan fingerprint density at radius 1 is 1.24 bits per heavy atom. The average molecular weight is 292 g/mol. The van der Waals surface area contributed by atoms with Gasteiger partial charge in [-0.3, -0.25) is 9.48 Å². The van der Waals surface area contributed by atoms with Gasteiger partial charge in [-0.25, -0.2) is 0 Å². The maximum Gasteiger partial charge on any atom is 0.254 e. The number of amides is 1. The highest BCUT2D eigenvalue weighted by Crippen LogP contribution is 2.23. The number of piperidine rings is 1. The van der Waals surface area contributed by atoms with Crippen LogP contribution in [0.4, 0.5) is 0 Å². The predicted octanol–water partition coefficient (Wildman–Crippen LogP) is 2.46. The molecule has 1 fully saturated rings. The lowest BCUT2D eigenvalue weighted by Gasteiger charge is -2.41. The second kappa shape index (κ2) is 6.18. The highest BCUT2D eigenvalue weighted by molar-refractivity contribution is 5.94. The topological polar surface area (TPSA) is 50.2 Å². The van der Waals surface area contributed by atoms with Gasteiger partial charge in [0.15, 0.2) is 0 Å². The summed E-state index contributed by atoms with van der Waals surface area (Å²) >= 11 is 0. The molecule has 0 bridgehead atoms. The summed E-state index contributed by atoms with van der Waals surface area (Å²) in [5.41, 5.74) is 0.541. The summed E-state index contributed by atoms with van der Waals surface area (Å²) in [6.07, 6.45) is 5.47. The Labute approximate surface area is 127 Å². The number of hydrogen-bond acceptors (Lipinski definition) is 3. The lowest BCUT2D eigenvalue weighted by atomic mass is 9.88. The van der Waals surface area contributed by atoms with Gasteiger partial charge in [0.2, 0.25) is 0 Å². The Kier molecular flexibility index (Phi) is 4.71. The molecule has 0 atom stereocenters. The van der Waals surface area contributed by atoms with Crippen LogP contribution in [0.5, 0.6) is 0 Å². The van der Waals surface area contributed by atoms with E-state index in [1.54, 1.807) is 6.20 Å². The first-order valence-corrected chi connectivity index (χ1v) is 7.91. The average Bonchev–Trinajstić information content (AvgIpc) is 2.88. The molecule has 21 heavy (non-hydrogen) atoms. The SMILES string of the molecule is CC(C)N1CCC(C)(NC(=O)c2cnn(C(C)C)c2)CC1. The second-order valence-electron chi connectivity index (χ2n) is 6.95. The van der Waals surface area contributed by atoms with Crippen LogP contribution in [0, 0.1) is 0 Å². The molecule has 2 heterocycles. The first-order valence-electron chi connectivity index (χ1n) is 7.91. The normalized spacial score (nSPS) is 19.2. The van der Waals surface area contributed by atoms with Gasteiger partial charge in [0, 0.05) is 36.9 Å². The minimum atomic E-state index is -0.109. The van der Waals surface area contributed by atoms with Gasteiger partial charge in [0.05, 0.1) is 11.8 Å². The standard InChI is InChI=1S/C16H28N4O/c1-12(2)19-8-6-16(5,7-9-19)18-15(21)14-10-17-20(11-14)13(3)4/h10-13H,6-9H2,1-5H3,(H,18,21). The zero-order valence-electron chi connectivity index (χ0n) is 13.9. The van der Waals surface area contributed by atoms with Crippen molar-refractivity contribution in [2.45, 2.75) is 65.1 Å². The molecule has 1 aromatic heterocycles. The molecular formula is C16H28N4O. The number of aromatic nitrogens is 2. The van der Waals surface area contributed by atoms with Crippen molar-refractivity contribution < 1.29 is 4.79 Å². The van der Waals surface area contributed by atoms with E-state index in [4.69, 9.17) is 0 Å². The third-order valence-corrected chi connectivity index (χ3v) is 4.44. The predicted molar refractivity (Wildman–Crippen MR) is 84.4 cm³/mol. The quantitative estimate of drug-likeness (QED) is 0.927. The number of nitrogens with one attached hydrogen (secondary N) is 1. The molecule has 0 radical (unpaired) electrons. The zero-order valence-corrected chi connectivity index (χ0v) is 13.9. The van der Waals surface area contributed by atoms with E-state index in [2.05, 4.69) is 49.9 Å². The van der Waals surface area contributed by atoms with E-state index < -0.39 is 0 Å². The maximum absolute atomic E-state index is 12.4. The van der Waals surface area contributed by atoms with Crippen molar-refractivity contribution in [3.63, 3.8) is 0 Å². The lowest BCUT2D eigenvalue weighted by Crippen LogP contribution is -2.54. The summed E-state index contributed by atoms with van der Waals surface area (Å²) < 4.78 is 1.82. The molecule has 5 heteroatoms. The largest absolute Gasteiger partial charge is 0.347 e. The van der Waals surface area contributed by atoms with Crippen LogP contribution in [0.1, 0.15) is 63.9 Å². The van der Waals surface area contributed by atoms with E-state index in [9.17, 15) is 4.79 Å². The number of nitrogens with zero attached hydrogens (tertiary/aromatic N) is 3. The molecule has 1 amide bonds. The molecule has 1 aromatic rings. The Morgan fingerprint density at radius 2 is 1.86 bits per heavy atom. The summed E-state index contributed by atoms with van der Waals surface area (Å²) in [5.74, 6) is -0.0117. The first-order chi connectivity index (χ1) is 9.81. The van der Waals surface area contributed by atoms with Crippen LogP contribution in [0.3, 0.4) is 0 Å². The number of likely N-dealkylation sites (tertiary alicyclic amines) is 1. The second-order valence-corrected chi connectivity index (χ2v) is 6.95. The Morgan fingerprint density at radius 3 is 2.33 bits per heavy atom. The van der Waals surface area contributed by atoms with E-state index in [0.717, 1.165) is 25.9 Å². The molecule has 2 rings (SSSR count). The molecule has 0 unspecified atom stereocenters. The number of hydrogen-bond donors (Lipinski definition) is 1. The van der Waals surface area contributed by atoms with Crippen LogP contribution >= 0.6 is 0 Å². The Balaban J connectivity index is 1.95. The van der Waals surface area contributed by atoms with Crippen molar-refractivity contribution in [1.82, 2.24) is 20.0 Å². The van der Waals surface area contributed by atoms with Crippen molar-refractivity contribution in [3.8, 4) is 0 Å². The number of rotatable bonds is 4. The van der Waals surface area contributed by atoms with Gasteiger partial charge < -0.3 is 10.2 Å². The van der Waals surface area contributed by atoms with Crippen molar-refractivity contribution in [2.24, 2.45) is 0 Å². The van der Waals surface area contributed by atoms with Crippen molar-refractivity contribution >= 4 is 5.91 Å². The molecule has 0 saturated carbocycles. The molecule has 0 spiro atoms. The molecule has 1 aliphatic heterocycles. The highest BCUT2D eigenvalue weighted by atomic mass is 16.1. The first kappa shape index (κ1) is 16.0. The highest BCUT2D eigenvalue weighted by Gasteiger charge is 2.32. The maximum atomic E-state index is 12.4. The third-order valence-electron chi connectivity index (χ3n) is 4.44. The van der Waals surface area contributed by atoms with Crippen molar-refractivity contribution in [3.05, 3.63) is 18.0 Å². The minimum absolute atomic E-state index is 0.0117. The molecule has 1 N–H and O–H groups in total. The summed E-state index contributed by atoms with van der Waals surface area (Å²) in [4.78, 5) is 14.9. The van der Waals surface area contributed by atoms with Crippen molar-refractivity contribution in [2.75, 3.05) is 13.1 Å². The molecular weight excluding hydrogens is 264 g/mol. The fourth-order valence-electron chi connectivity index (χ4n) is 2.74. The third kappa shape index (κ3) is 3.84. The molecule has 0 aliphatic carbocycles. The Hall–Kier alpha value is -1.36. The van der Waals surface area contributed by atoms with Gasteiger partial charge in [-0.05, 0) is 47.5 Å². The summed E-state index contributed by atoms with van der Waals surface area (Å²) in [5, 5.41) is 7.44. The van der Waals surface area contributed by atoms with Crippen LogP contribution in [0.25, 0.3) is 0 Å². The van der Waals surface area contributed by atoms with Gasteiger partial charge in [0.1, 0.15) is 0 Å². The van der Waals surface area contributed by atoms with Crippen LogP contribution in [-0.4, -0.2) is 45.3 Å². The lowest BCUT2D eigenvalue weighted by molar-refractivity contribution is 0.0801. The van der Waals surface area contributed by atoms with Gasteiger partial charge >= 0.3 is 0 Å². The van der Waals surface area contributed by atoms with Gasteiger partial charge in [-0.15, -0.1) is 0 Å². The van der Waals surface area contributed by atoms with E-state index in [1.807, 2.05) is 10.9 Å². The minimum Gasteiger partial charge on any atom is -0.347 e. The van der Waals surface area contributed by atoms with Crippen LogP contribution in [0.15, 0.2) is 12.4 Å². The zero-order chi connectivity index (χ0) is 15.6. The van der Waals surface area contributed by atoms with E-state index >= 15 is 0 Å². The van der Waals surface area contributed by atoms with Crippen LogP contribution < -0.4 is 5.32 Å². The van der Waals surface area contributed by atoms with Crippen molar-refractivity contribution in [1.29, 1.82) is 0 Å². The van der Waals surface area contributed by atoms with Gasteiger partial charge in [0.25, 0.3) is 5.91 Å². The van der Waals surface area contributed by atoms with E-state index in [-0.39, 0.29) is 17.5 Å². The van der Waals surface area contributed by atoms with Gasteiger partial charge in [-0.2, -0.15) is 5.10 Å². The van der Waals surface area contributed by atoms with Crippen LogP contribution in [0.2, 0.25) is 0 Å². The summed E-state index contributed by atoms with van der Waals surface area (Å²) in [6, 6.07) is 0.853. The smallest absolute Gasteiger partial charge is 0.254 e. The summed E-state index contributed by atoms with van der Waals surface area (Å²) in [6.45, 7) is 12.8. The van der Waals surface area contributed by atoms with Crippen LogP contribution in [-0.2, 0) is 0 Å². The summed E-state index contributed by atoms with van der Waals surface area (Å²) in [7, 11) is 0. The molecule has 5 nitrogen and oxygen atoms in total. The fraction of sp³-hybridized carbons (Fsp3) is 0.750. The molecule has 118 valence electrons. The van der Waals surface area contributed by atoms with Gasteiger partial charge in [-0.1, -0.05) is 0 Å². The molecule has 1 saturated heterocycles. The molecule has 0 aromatic carbocycles. The van der Waals surface area contributed by atoms with E-state index in [1.165, 1.54) is 0 Å². The number of carbonyl (C=O) groups is 1. The molecule has 1 aliphatic rings. The number of carbonyl (C=O) groups excluding carboxylic acids is 1. The van der Waals surface area contributed by atoms with E-state index in [0.29, 0.717) is 11.6 Å².